The van der Waals surface area contributed by atoms with Crippen molar-refractivity contribution in [1.29, 1.82) is 0 Å². The van der Waals surface area contributed by atoms with E-state index in [0.29, 0.717) is 58.4 Å². The minimum atomic E-state index is 0.405. The molecule has 0 amide bonds. The lowest BCUT2D eigenvalue weighted by Gasteiger charge is -2.15. The van der Waals surface area contributed by atoms with E-state index in [-0.39, 0.29) is 0 Å². The summed E-state index contributed by atoms with van der Waals surface area (Å²) >= 11 is 12.3. The van der Waals surface area contributed by atoms with Crippen LogP contribution in [0, 0.1) is 69.2 Å². The van der Waals surface area contributed by atoms with Gasteiger partial charge in [-0.1, -0.05) is 160 Å². The van der Waals surface area contributed by atoms with Crippen LogP contribution in [-0.4, -0.2) is 89.1 Å². The third kappa shape index (κ3) is 24.3. The third-order valence-electron chi connectivity index (χ3n) is 17.8. The number of aromatic nitrogens is 17. The van der Waals surface area contributed by atoms with Crippen molar-refractivity contribution in [2.24, 2.45) is 21.1 Å². The molecule has 9 aromatic heterocycles. The Balaban J connectivity index is 0.000000304. The summed E-state index contributed by atoms with van der Waals surface area (Å²) in [4.78, 5) is 39.1. The molecular weight excluding hydrogens is 1310 g/mol. The zero-order valence-electron chi connectivity index (χ0n) is 69.4. The quantitative estimate of drug-likeness (QED) is 0.104. The number of nitrogens with zero attached hydrogens (tertiary/aromatic N) is 16. The summed E-state index contributed by atoms with van der Waals surface area (Å²) in [7, 11) is 7.70. The Kier molecular flexibility index (Phi) is 35.7. The van der Waals surface area contributed by atoms with Crippen molar-refractivity contribution in [3.05, 3.63) is 186 Å². The van der Waals surface area contributed by atoms with Crippen LogP contribution < -0.4 is 4.74 Å². The van der Waals surface area contributed by atoms with Gasteiger partial charge in [-0.3, -0.25) is 4.57 Å². The van der Waals surface area contributed by atoms with E-state index >= 15 is 0 Å². The van der Waals surface area contributed by atoms with Gasteiger partial charge in [0.25, 0.3) is 0 Å². The minimum Gasteiger partial charge on any atom is -0.481 e. The Morgan fingerprint density at radius 2 is 0.961 bits per heavy atom. The molecule has 0 bridgehead atoms. The molecule has 10 aromatic rings. The lowest BCUT2D eigenvalue weighted by atomic mass is 10.1. The molecule has 9 heterocycles. The number of H-pyrrole nitrogens is 1. The minimum absolute atomic E-state index is 0.405. The van der Waals surface area contributed by atoms with Gasteiger partial charge in [0.2, 0.25) is 5.88 Å². The van der Waals surface area contributed by atoms with E-state index in [4.69, 9.17) is 27.9 Å². The molecule has 0 aliphatic carbocycles. The van der Waals surface area contributed by atoms with Crippen LogP contribution in [0.5, 0.6) is 5.88 Å². The van der Waals surface area contributed by atoms with Crippen LogP contribution in [0.2, 0.25) is 10.0 Å². The van der Waals surface area contributed by atoms with Crippen molar-refractivity contribution in [1.82, 2.24) is 82.0 Å². The number of imidazole rings is 7. The Morgan fingerprint density at radius 3 is 1.33 bits per heavy atom. The molecule has 1 N–H and O–H groups in total. The largest absolute Gasteiger partial charge is 0.481 e. The van der Waals surface area contributed by atoms with Crippen molar-refractivity contribution >= 4 is 23.2 Å². The number of pyridine rings is 1. The SMILES string of the molecule is CCc1[nH]c(C)nc1C(C)C.CCc1c(C(C)C)nc(C)n1C.CCn1c(C(C)C)nc(C)c1C.COc1cc(C(C)C)nn1C.Cc1nc(C(C)C)cn1-c1ccccc1Cl.Cc1nc(C(C)C)cn1-c1ncccc1Cl.Cc1nc(C(C)C)n(C(C)C)c1C.Cc1nc(C(C)C)n(C)c1C. The highest BCUT2D eigenvalue weighted by atomic mass is 35.5. The van der Waals surface area contributed by atoms with Crippen LogP contribution >= 0.6 is 23.2 Å². The average molecular weight is 1440 g/mol. The van der Waals surface area contributed by atoms with Gasteiger partial charge in [0.15, 0.2) is 5.82 Å². The molecule has 1 aromatic carbocycles. The molecule has 564 valence electrons. The van der Waals surface area contributed by atoms with Crippen LogP contribution in [0.3, 0.4) is 0 Å². The van der Waals surface area contributed by atoms with Gasteiger partial charge in [0, 0.05) is 105 Å². The van der Waals surface area contributed by atoms with Gasteiger partial charge in [-0.2, -0.15) is 5.10 Å². The van der Waals surface area contributed by atoms with E-state index in [2.05, 4.69) is 282 Å². The van der Waals surface area contributed by atoms with E-state index in [1.165, 1.54) is 63.0 Å². The molecule has 0 spiro atoms. The molecular formula is C82H131Cl2N17O. The Morgan fingerprint density at radius 1 is 0.471 bits per heavy atom. The molecule has 0 aliphatic heterocycles. The number of benzene rings is 1. The first-order valence-corrected chi connectivity index (χ1v) is 37.6. The van der Waals surface area contributed by atoms with Crippen LogP contribution in [-0.2, 0) is 40.5 Å². The maximum absolute atomic E-state index is 6.17. The molecule has 0 atom stereocenters. The van der Waals surface area contributed by atoms with E-state index in [9.17, 15) is 0 Å². The highest BCUT2D eigenvalue weighted by Crippen LogP contribution is 2.28. The van der Waals surface area contributed by atoms with Crippen LogP contribution in [0.4, 0.5) is 0 Å². The number of aryl methyl sites for hydroxylation is 9. The van der Waals surface area contributed by atoms with E-state index in [1.54, 1.807) is 18.0 Å². The monoisotopic (exact) mass is 1440 g/mol. The average Bonchev–Trinajstić information content (AvgIpc) is 1.66. The normalized spacial score (nSPS) is 11.1. The summed E-state index contributed by atoms with van der Waals surface area (Å²) in [5, 5.41) is 5.66. The number of methoxy groups -OCH3 is 1. The van der Waals surface area contributed by atoms with Crippen LogP contribution in [0.15, 0.2) is 61.1 Å². The highest BCUT2D eigenvalue weighted by molar-refractivity contribution is 6.32. The lowest BCUT2D eigenvalue weighted by molar-refractivity contribution is 0.373. The number of para-hydroxylation sites is 1. The second kappa shape index (κ2) is 41.1. The number of hydrogen-bond acceptors (Lipinski definition) is 10. The molecule has 10 rings (SSSR count). The fraction of sp³-hybridized carbons (Fsp3) is 0.573. The first-order chi connectivity index (χ1) is 47.6. The summed E-state index contributed by atoms with van der Waals surface area (Å²) in [6.07, 6.45) is 7.91. The number of nitrogens with one attached hydrogen (secondary N) is 1. The van der Waals surface area contributed by atoms with Gasteiger partial charge in [0.05, 0.1) is 68.4 Å². The van der Waals surface area contributed by atoms with Gasteiger partial charge in [-0.05, 0) is 157 Å². The maximum Gasteiger partial charge on any atom is 0.211 e. The first kappa shape index (κ1) is 88.6. The Bertz CT molecular complexity index is 3990. The predicted molar refractivity (Wildman–Crippen MR) is 429 cm³/mol. The molecule has 0 saturated heterocycles. The second-order valence-corrected chi connectivity index (χ2v) is 29.8. The molecule has 0 radical (unpaired) electrons. The van der Waals surface area contributed by atoms with Crippen molar-refractivity contribution in [2.45, 2.75) is 287 Å². The first-order valence-electron chi connectivity index (χ1n) is 36.8. The van der Waals surface area contributed by atoms with Crippen molar-refractivity contribution < 1.29 is 4.74 Å². The van der Waals surface area contributed by atoms with Gasteiger partial charge in [-0.25, -0.2) is 44.6 Å². The number of aromatic amines is 1. The zero-order valence-corrected chi connectivity index (χ0v) is 70.9. The van der Waals surface area contributed by atoms with E-state index < -0.39 is 0 Å². The highest BCUT2D eigenvalue weighted by Gasteiger charge is 2.19. The molecule has 0 aliphatic rings. The predicted octanol–water partition coefficient (Wildman–Crippen LogP) is 21.7. The zero-order chi connectivity index (χ0) is 77.6. The van der Waals surface area contributed by atoms with E-state index in [0.717, 1.165) is 93.6 Å². The van der Waals surface area contributed by atoms with Crippen molar-refractivity contribution in [2.75, 3.05) is 7.11 Å². The van der Waals surface area contributed by atoms with Crippen molar-refractivity contribution in [3.8, 4) is 17.4 Å². The molecule has 18 nitrogen and oxygen atoms in total. The second-order valence-electron chi connectivity index (χ2n) is 29.0. The fourth-order valence-electron chi connectivity index (χ4n) is 11.5. The molecule has 0 unspecified atom stereocenters. The molecule has 0 saturated carbocycles. The van der Waals surface area contributed by atoms with Crippen LogP contribution in [0.1, 0.15) is 314 Å². The number of halogens is 2. The summed E-state index contributed by atoms with van der Waals surface area (Å²) in [5.74, 6) is 13.1. The molecule has 102 heavy (non-hydrogen) atoms. The topological polar surface area (TPSA) is 176 Å². The third-order valence-corrected chi connectivity index (χ3v) is 18.5. The van der Waals surface area contributed by atoms with Gasteiger partial charge >= 0.3 is 0 Å². The van der Waals surface area contributed by atoms with Gasteiger partial charge < -0.3 is 32.6 Å². The molecule has 0 fully saturated rings. The smallest absolute Gasteiger partial charge is 0.211 e. The van der Waals surface area contributed by atoms with Gasteiger partial charge in [-0.15, -0.1) is 0 Å². The summed E-state index contributed by atoms with van der Waals surface area (Å²) in [6, 6.07) is 13.9. The number of ether oxygens (including phenoxy) is 1. The Hall–Kier alpha value is -7.57. The molecule has 20 heteroatoms. The number of rotatable bonds is 15. The maximum atomic E-state index is 6.17. The standard InChI is InChI=1S/C13H15ClN2.C12H14ClN3.C11H20N2.2C10H18N2.2C9H16N2.C8H14N2O/c1-9(2)12-8-16(10(3)15-12)13-7-5-4-6-11(13)14;1-8(2)11-7-16(9(3)15-11)12-10(13)5-4-6-14-12;1-7(2)11-12-9(5)10(6)13(11)8(3)4;1-6-9-10(7(2)3)11-8(4)12(9)5;1-6-12-9(5)8(4)11-10(12)7(2)3;1-6(2)9-10-7(3)8(4)11(9)5;1-5-8-9(6(2)3)11-7(4)10-8;1-6(2)7-5-8(11-4)10(3)9-7/h4-9H,1-3H3;4-8H,1-3H3;7-8H,1-6H3;2*7H,6H2,1-5H3;6H,1-5H3;6H,5H2,1-4H3,(H,10,11);5-6H,1-4H3. The summed E-state index contributed by atoms with van der Waals surface area (Å²) in [6.45, 7) is 67.1. The fourth-order valence-corrected chi connectivity index (χ4v) is 11.9. The van der Waals surface area contributed by atoms with Crippen LogP contribution in [0.25, 0.3) is 11.5 Å². The summed E-state index contributed by atoms with van der Waals surface area (Å²) in [5.41, 5.74) is 16.7. The lowest BCUT2D eigenvalue weighted by Crippen LogP contribution is -2.09. The van der Waals surface area contributed by atoms with E-state index in [1.807, 2.05) is 85.6 Å². The van der Waals surface area contributed by atoms with Gasteiger partial charge in [0.1, 0.15) is 40.8 Å². The Labute approximate surface area is 625 Å². The number of hydrogen-bond donors (Lipinski definition) is 1. The van der Waals surface area contributed by atoms with Crippen molar-refractivity contribution in [3.63, 3.8) is 0 Å². The summed E-state index contributed by atoms with van der Waals surface area (Å²) < 4.78 is 19.8.